The van der Waals surface area contributed by atoms with Crippen LogP contribution in [0.1, 0.15) is 35.1 Å². The zero-order chi connectivity index (χ0) is 16.3. The molecule has 1 aliphatic carbocycles. The van der Waals surface area contributed by atoms with Crippen LogP contribution in [-0.4, -0.2) is 6.79 Å². The Hall–Kier alpha value is -1.94. The van der Waals surface area contributed by atoms with Crippen molar-refractivity contribution in [1.82, 2.24) is 0 Å². The minimum absolute atomic E-state index is 0.252. The zero-order valence-electron chi connectivity index (χ0n) is 13.4. The molecule has 2 heterocycles. The van der Waals surface area contributed by atoms with Crippen molar-refractivity contribution in [3.63, 3.8) is 0 Å². The summed E-state index contributed by atoms with van der Waals surface area (Å²) in [4.78, 5) is 0. The number of benzene rings is 2. The summed E-state index contributed by atoms with van der Waals surface area (Å²) in [5, 5.41) is 3.82. The second kappa shape index (κ2) is 5.28. The van der Waals surface area contributed by atoms with Crippen LogP contribution < -0.4 is 14.8 Å². The summed E-state index contributed by atoms with van der Waals surface area (Å²) in [5.41, 5.74) is 5.24. The quantitative estimate of drug-likeness (QED) is 0.676. The number of nitrogens with one attached hydrogen (secondary N) is 1. The van der Waals surface area contributed by atoms with E-state index in [1.54, 1.807) is 0 Å². The third-order valence-electron chi connectivity index (χ3n) is 5.43. The molecule has 2 aromatic rings. The Morgan fingerprint density at radius 2 is 1.96 bits per heavy atom. The average Bonchev–Trinajstić information content (AvgIpc) is 3.22. The molecule has 4 heteroatoms. The normalized spacial score (nSPS) is 26.0. The van der Waals surface area contributed by atoms with Crippen LogP contribution in [0.3, 0.4) is 0 Å². The lowest BCUT2D eigenvalue weighted by Gasteiger charge is -2.38. The molecule has 0 fully saturated rings. The molecule has 0 amide bonds. The third kappa shape index (κ3) is 2.02. The topological polar surface area (TPSA) is 30.5 Å². The first kappa shape index (κ1) is 14.4. The van der Waals surface area contributed by atoms with Crippen molar-refractivity contribution < 1.29 is 9.47 Å². The van der Waals surface area contributed by atoms with E-state index in [1.165, 1.54) is 22.4 Å². The molecule has 5 rings (SSSR count). The summed E-state index contributed by atoms with van der Waals surface area (Å²) in [6, 6.07) is 11.0. The lowest BCUT2D eigenvalue weighted by atomic mass is 9.76. The van der Waals surface area contributed by atoms with Gasteiger partial charge in [-0.25, -0.2) is 0 Å². The highest BCUT2D eigenvalue weighted by atomic mass is 79.9. The molecule has 2 aromatic carbocycles. The monoisotopic (exact) mass is 383 g/mol. The summed E-state index contributed by atoms with van der Waals surface area (Å²) in [7, 11) is 0. The molecular formula is C20H18BrNO2. The Morgan fingerprint density at radius 3 is 2.83 bits per heavy atom. The number of anilines is 1. The van der Waals surface area contributed by atoms with Crippen LogP contribution in [0.2, 0.25) is 0 Å². The molecule has 0 spiro atoms. The maximum Gasteiger partial charge on any atom is 0.231 e. The van der Waals surface area contributed by atoms with Gasteiger partial charge in [-0.3, -0.25) is 0 Å². The molecular weight excluding hydrogens is 366 g/mol. The smallest absolute Gasteiger partial charge is 0.231 e. The van der Waals surface area contributed by atoms with Gasteiger partial charge in [-0.2, -0.15) is 0 Å². The number of fused-ring (bicyclic) bond motifs is 4. The van der Waals surface area contributed by atoms with Gasteiger partial charge in [-0.15, -0.1) is 0 Å². The van der Waals surface area contributed by atoms with E-state index in [9.17, 15) is 0 Å². The van der Waals surface area contributed by atoms with Crippen molar-refractivity contribution in [3.05, 3.63) is 63.6 Å². The van der Waals surface area contributed by atoms with Crippen molar-refractivity contribution >= 4 is 21.6 Å². The van der Waals surface area contributed by atoms with Gasteiger partial charge in [-0.05, 0) is 48.1 Å². The van der Waals surface area contributed by atoms with Gasteiger partial charge < -0.3 is 14.8 Å². The fourth-order valence-corrected chi connectivity index (χ4v) is 4.83. The van der Waals surface area contributed by atoms with Gasteiger partial charge in [0.15, 0.2) is 11.5 Å². The summed E-state index contributed by atoms with van der Waals surface area (Å²) in [5.74, 6) is 2.66. The molecule has 24 heavy (non-hydrogen) atoms. The number of aryl methyl sites for hydroxylation is 1. The van der Waals surface area contributed by atoms with E-state index in [2.05, 4.69) is 64.6 Å². The first-order valence-corrected chi connectivity index (χ1v) is 9.13. The first-order valence-electron chi connectivity index (χ1n) is 8.34. The molecule has 0 unspecified atom stereocenters. The highest BCUT2D eigenvalue weighted by Crippen LogP contribution is 2.52. The van der Waals surface area contributed by atoms with E-state index in [-0.39, 0.29) is 6.04 Å². The molecule has 122 valence electrons. The Morgan fingerprint density at radius 1 is 1.12 bits per heavy atom. The van der Waals surface area contributed by atoms with Gasteiger partial charge in [0.25, 0.3) is 0 Å². The number of hydrogen-bond acceptors (Lipinski definition) is 3. The van der Waals surface area contributed by atoms with Crippen LogP contribution in [-0.2, 0) is 0 Å². The second-order valence-electron chi connectivity index (χ2n) is 6.74. The second-order valence-corrected chi connectivity index (χ2v) is 7.60. The van der Waals surface area contributed by atoms with Gasteiger partial charge in [-0.1, -0.05) is 46.3 Å². The fraction of sp³-hybridized carbons (Fsp3) is 0.300. The number of halogens is 1. The standard InChI is InChI=1S/C20H18BrNO2/c1-11-4-2-6-13-12-5-3-7-14(12)20(22-19(11)13)15-8-17-18(9-16(15)21)24-10-23-17/h2-6,8-9,12,14,20,22H,7,10H2,1H3/t12-,14-,20+/m0/s1. The lowest BCUT2D eigenvalue weighted by molar-refractivity contribution is 0.174. The van der Waals surface area contributed by atoms with Crippen LogP contribution in [0.25, 0.3) is 0 Å². The van der Waals surface area contributed by atoms with Gasteiger partial charge in [0.2, 0.25) is 6.79 Å². The van der Waals surface area contributed by atoms with Crippen LogP contribution in [0, 0.1) is 12.8 Å². The first-order chi connectivity index (χ1) is 11.7. The molecule has 3 nitrogen and oxygen atoms in total. The van der Waals surface area contributed by atoms with E-state index in [0.717, 1.165) is 22.4 Å². The van der Waals surface area contributed by atoms with E-state index >= 15 is 0 Å². The highest BCUT2D eigenvalue weighted by molar-refractivity contribution is 9.10. The molecule has 3 aliphatic rings. The van der Waals surface area contributed by atoms with Crippen LogP contribution in [0.5, 0.6) is 11.5 Å². The predicted octanol–water partition coefficient (Wildman–Crippen LogP) is 5.31. The lowest BCUT2D eigenvalue weighted by Crippen LogP contribution is -2.29. The molecule has 0 saturated carbocycles. The van der Waals surface area contributed by atoms with E-state index in [0.29, 0.717) is 18.6 Å². The van der Waals surface area contributed by atoms with E-state index < -0.39 is 0 Å². The number of allylic oxidation sites excluding steroid dienone is 2. The molecule has 2 aliphatic heterocycles. The van der Waals surface area contributed by atoms with Crippen molar-refractivity contribution in [2.75, 3.05) is 12.1 Å². The van der Waals surface area contributed by atoms with Crippen LogP contribution >= 0.6 is 15.9 Å². The predicted molar refractivity (Wildman–Crippen MR) is 97.8 cm³/mol. The minimum Gasteiger partial charge on any atom is -0.454 e. The molecule has 0 radical (unpaired) electrons. The van der Waals surface area contributed by atoms with Gasteiger partial charge in [0, 0.05) is 16.1 Å². The largest absolute Gasteiger partial charge is 0.454 e. The maximum atomic E-state index is 5.60. The molecule has 0 bridgehead atoms. The zero-order valence-corrected chi connectivity index (χ0v) is 15.0. The van der Waals surface area contributed by atoms with Crippen LogP contribution in [0.15, 0.2) is 47.0 Å². The SMILES string of the molecule is Cc1cccc2c1N[C@@H](c1cc3c(cc1Br)OCO3)[C@H]1CC=C[C@@H]21. The summed E-state index contributed by atoms with van der Waals surface area (Å²) in [6.45, 7) is 2.48. The van der Waals surface area contributed by atoms with Crippen molar-refractivity contribution in [3.8, 4) is 11.5 Å². The molecule has 3 atom stereocenters. The van der Waals surface area contributed by atoms with E-state index in [4.69, 9.17) is 9.47 Å². The van der Waals surface area contributed by atoms with Gasteiger partial charge >= 0.3 is 0 Å². The van der Waals surface area contributed by atoms with Gasteiger partial charge in [0.05, 0.1) is 6.04 Å². The number of rotatable bonds is 1. The minimum atomic E-state index is 0.252. The van der Waals surface area contributed by atoms with Crippen molar-refractivity contribution in [2.45, 2.75) is 25.3 Å². The fourth-order valence-electron chi connectivity index (χ4n) is 4.26. The highest BCUT2D eigenvalue weighted by Gasteiger charge is 2.39. The molecule has 0 saturated heterocycles. The number of para-hydroxylation sites is 1. The Bertz CT molecular complexity index is 861. The third-order valence-corrected chi connectivity index (χ3v) is 6.12. The summed E-state index contributed by atoms with van der Waals surface area (Å²) >= 11 is 3.74. The summed E-state index contributed by atoms with van der Waals surface area (Å²) in [6.07, 6.45) is 5.79. The maximum absolute atomic E-state index is 5.60. The van der Waals surface area contributed by atoms with Crippen molar-refractivity contribution in [2.24, 2.45) is 5.92 Å². The van der Waals surface area contributed by atoms with E-state index in [1.807, 2.05) is 6.07 Å². The molecule has 1 N–H and O–H groups in total. The van der Waals surface area contributed by atoms with Gasteiger partial charge in [0.1, 0.15) is 0 Å². The van der Waals surface area contributed by atoms with Crippen molar-refractivity contribution in [1.29, 1.82) is 0 Å². The number of hydrogen-bond donors (Lipinski definition) is 1. The Balaban J connectivity index is 1.64. The molecule has 0 aromatic heterocycles. The average molecular weight is 384 g/mol. The number of ether oxygens (including phenoxy) is 2. The van der Waals surface area contributed by atoms with Crippen LogP contribution in [0.4, 0.5) is 5.69 Å². The summed E-state index contributed by atoms with van der Waals surface area (Å²) < 4.78 is 12.2. The Kier molecular flexibility index (Phi) is 3.17. The Labute approximate surface area is 149 Å².